The zero-order valence-electron chi connectivity index (χ0n) is 19.9. The Morgan fingerprint density at radius 1 is 1.39 bits per heavy atom. The largest absolute Gasteiger partial charge is 0.466 e. The fraction of sp³-hybridized carbons (Fsp3) is 0.333. The average molecular weight is 528 g/mol. The predicted molar refractivity (Wildman–Crippen MR) is 142 cm³/mol. The van der Waals surface area contributed by atoms with Crippen LogP contribution in [0, 0.1) is 6.92 Å². The van der Waals surface area contributed by atoms with Gasteiger partial charge < -0.3 is 15.0 Å². The van der Waals surface area contributed by atoms with E-state index < -0.39 is 17.6 Å². The molecule has 2 aromatic rings. The van der Waals surface area contributed by atoms with E-state index in [0.717, 1.165) is 17.3 Å². The molecule has 188 valence electrons. The minimum atomic E-state index is -0.932. The molecule has 0 radical (unpaired) electrons. The highest BCUT2D eigenvalue weighted by molar-refractivity contribution is 8.26. The zero-order chi connectivity index (χ0) is 26.0. The van der Waals surface area contributed by atoms with Crippen molar-refractivity contribution < 1.29 is 19.1 Å². The molecule has 12 heteroatoms. The maximum absolute atomic E-state index is 13.7. The lowest BCUT2D eigenvalue weighted by Crippen LogP contribution is -2.57. The Labute approximate surface area is 217 Å². The summed E-state index contributed by atoms with van der Waals surface area (Å²) in [5.41, 5.74) is 0.882. The van der Waals surface area contributed by atoms with Gasteiger partial charge in [-0.05, 0) is 31.6 Å². The van der Waals surface area contributed by atoms with Gasteiger partial charge in [0.2, 0.25) is 5.91 Å². The standard InChI is InChI=1S/C24H25N5O5S2/c1-4-9-29-23(33)17(36-24(29)35)12-15-20(26-19-14(3)7-6-10-28(19)22(15)32)27-11-8-25-21(31)16(27)13-18(30)34-5-2/h4,6-7,10,12,16H,1,5,8-9,11,13H2,2-3H3,(H,25,31)/b17-12-/t16-/m0/s1. The van der Waals surface area contributed by atoms with Gasteiger partial charge in [-0.25, -0.2) is 4.98 Å². The summed E-state index contributed by atoms with van der Waals surface area (Å²) >= 11 is 6.41. The molecule has 1 atom stereocenters. The third-order valence-electron chi connectivity index (χ3n) is 5.79. The van der Waals surface area contributed by atoms with Crippen LogP contribution in [-0.4, -0.2) is 68.7 Å². The Kier molecular flexibility index (Phi) is 7.55. The summed E-state index contributed by atoms with van der Waals surface area (Å²) in [7, 11) is 0. The van der Waals surface area contributed by atoms with Gasteiger partial charge in [0.05, 0.1) is 23.5 Å². The lowest BCUT2D eigenvalue weighted by Gasteiger charge is -2.36. The molecule has 0 saturated carbocycles. The Morgan fingerprint density at radius 2 is 2.17 bits per heavy atom. The number of carbonyl (C=O) groups is 3. The maximum Gasteiger partial charge on any atom is 0.308 e. The van der Waals surface area contributed by atoms with Crippen LogP contribution in [-0.2, 0) is 19.1 Å². The molecule has 0 aromatic carbocycles. The number of aryl methyl sites for hydroxylation is 1. The molecule has 10 nitrogen and oxygen atoms in total. The summed E-state index contributed by atoms with van der Waals surface area (Å²) in [5, 5.41) is 2.76. The summed E-state index contributed by atoms with van der Waals surface area (Å²) in [6, 6.07) is 2.62. The second-order valence-electron chi connectivity index (χ2n) is 8.13. The van der Waals surface area contributed by atoms with Gasteiger partial charge in [-0.15, -0.1) is 6.58 Å². The number of hydrogen-bond donors (Lipinski definition) is 1. The van der Waals surface area contributed by atoms with Crippen molar-refractivity contribution in [2.24, 2.45) is 0 Å². The minimum Gasteiger partial charge on any atom is -0.466 e. The molecule has 0 spiro atoms. The van der Waals surface area contributed by atoms with Crippen molar-refractivity contribution in [3.63, 3.8) is 0 Å². The van der Waals surface area contributed by atoms with Crippen LogP contribution in [0.2, 0.25) is 0 Å². The van der Waals surface area contributed by atoms with E-state index in [1.54, 1.807) is 30.2 Å². The molecule has 2 aromatic heterocycles. The van der Waals surface area contributed by atoms with Crippen LogP contribution < -0.4 is 15.8 Å². The molecule has 2 amide bonds. The van der Waals surface area contributed by atoms with Crippen molar-refractivity contribution in [2.45, 2.75) is 26.3 Å². The highest BCUT2D eigenvalue weighted by atomic mass is 32.2. The van der Waals surface area contributed by atoms with Gasteiger partial charge in [0, 0.05) is 25.8 Å². The molecule has 2 aliphatic rings. The number of amides is 2. The first-order valence-corrected chi connectivity index (χ1v) is 12.6. The van der Waals surface area contributed by atoms with Crippen LogP contribution in [0.5, 0.6) is 0 Å². The van der Waals surface area contributed by atoms with Crippen LogP contribution in [0.15, 0.2) is 40.7 Å². The second kappa shape index (κ2) is 10.6. The molecule has 2 fully saturated rings. The number of anilines is 1. The summed E-state index contributed by atoms with van der Waals surface area (Å²) in [6.07, 6.45) is 4.42. The van der Waals surface area contributed by atoms with Crippen molar-refractivity contribution in [2.75, 3.05) is 31.1 Å². The molecule has 1 N–H and O–H groups in total. The molecule has 2 aliphatic heterocycles. The first-order chi connectivity index (χ1) is 17.3. The van der Waals surface area contributed by atoms with E-state index in [9.17, 15) is 19.2 Å². The first-order valence-electron chi connectivity index (χ1n) is 11.3. The minimum absolute atomic E-state index is 0.126. The fourth-order valence-corrected chi connectivity index (χ4v) is 5.37. The van der Waals surface area contributed by atoms with E-state index >= 15 is 0 Å². The normalized spacial score (nSPS) is 19.2. The molecule has 0 aliphatic carbocycles. The van der Waals surface area contributed by atoms with Crippen molar-refractivity contribution in [1.29, 1.82) is 0 Å². The lowest BCUT2D eigenvalue weighted by molar-refractivity contribution is -0.145. The fourth-order valence-electron chi connectivity index (χ4n) is 4.11. The van der Waals surface area contributed by atoms with Crippen molar-refractivity contribution in [3.05, 3.63) is 57.4 Å². The van der Waals surface area contributed by atoms with E-state index in [1.165, 1.54) is 15.4 Å². The van der Waals surface area contributed by atoms with Gasteiger partial charge in [0.25, 0.3) is 11.5 Å². The maximum atomic E-state index is 13.7. The Balaban J connectivity index is 1.90. The monoisotopic (exact) mass is 527 g/mol. The van der Waals surface area contributed by atoms with E-state index in [-0.39, 0.29) is 47.7 Å². The number of ether oxygens (including phenoxy) is 1. The highest BCUT2D eigenvalue weighted by Crippen LogP contribution is 2.34. The zero-order valence-corrected chi connectivity index (χ0v) is 21.5. The van der Waals surface area contributed by atoms with Crippen molar-refractivity contribution in [3.8, 4) is 0 Å². The number of nitrogens with zero attached hydrogens (tertiary/aromatic N) is 4. The molecule has 2 saturated heterocycles. The number of piperazine rings is 1. The molecule has 36 heavy (non-hydrogen) atoms. The Bertz CT molecular complexity index is 1370. The predicted octanol–water partition coefficient (Wildman–Crippen LogP) is 1.65. The van der Waals surface area contributed by atoms with Crippen molar-refractivity contribution >= 4 is 63.6 Å². The SMILES string of the molecule is C=CCN1C(=O)/C(=C/c2c(N3CCNC(=O)[C@@H]3CC(=O)OCC)nc3c(C)cccn3c2=O)SC1=S. The van der Waals surface area contributed by atoms with Gasteiger partial charge in [-0.3, -0.25) is 28.5 Å². The first kappa shape index (κ1) is 25.6. The topological polar surface area (TPSA) is 113 Å². The van der Waals surface area contributed by atoms with Crippen LogP contribution in [0.4, 0.5) is 5.82 Å². The van der Waals surface area contributed by atoms with Crippen molar-refractivity contribution in [1.82, 2.24) is 19.6 Å². The van der Waals surface area contributed by atoms with Gasteiger partial charge in [-0.2, -0.15) is 0 Å². The molecule has 4 heterocycles. The van der Waals surface area contributed by atoms with Crippen LogP contribution in [0.25, 0.3) is 11.7 Å². The number of thioether (sulfide) groups is 1. The third kappa shape index (κ3) is 4.78. The smallest absolute Gasteiger partial charge is 0.308 e. The number of fused-ring (bicyclic) bond motifs is 1. The number of aromatic nitrogens is 2. The third-order valence-corrected chi connectivity index (χ3v) is 7.17. The summed E-state index contributed by atoms with van der Waals surface area (Å²) < 4.78 is 6.83. The van der Waals surface area contributed by atoms with Gasteiger partial charge in [0.1, 0.15) is 21.8 Å². The number of carbonyl (C=O) groups excluding carboxylic acids is 3. The number of rotatable bonds is 7. The van der Waals surface area contributed by atoms with Gasteiger partial charge in [-0.1, -0.05) is 36.1 Å². The highest BCUT2D eigenvalue weighted by Gasteiger charge is 2.36. The molecule has 4 rings (SSSR count). The van der Waals surface area contributed by atoms with Gasteiger partial charge >= 0.3 is 5.97 Å². The molecular formula is C24H25N5O5S2. The quantitative estimate of drug-likeness (QED) is 0.249. The Morgan fingerprint density at radius 3 is 2.89 bits per heavy atom. The van der Waals surface area contributed by atoms with E-state index in [4.69, 9.17) is 21.9 Å². The Hall–Kier alpha value is -3.51. The number of esters is 1. The van der Waals surface area contributed by atoms with Gasteiger partial charge in [0.15, 0.2) is 0 Å². The molecular weight excluding hydrogens is 502 g/mol. The molecule has 0 unspecified atom stereocenters. The second-order valence-corrected chi connectivity index (χ2v) is 9.81. The van der Waals surface area contributed by atoms with E-state index in [0.29, 0.717) is 23.1 Å². The number of hydrogen-bond acceptors (Lipinski definition) is 9. The summed E-state index contributed by atoms with van der Waals surface area (Å²) in [5.74, 6) is -1.04. The molecule has 0 bridgehead atoms. The van der Waals surface area contributed by atoms with E-state index in [2.05, 4.69) is 11.9 Å². The summed E-state index contributed by atoms with van der Waals surface area (Å²) in [4.78, 5) is 59.9. The number of pyridine rings is 1. The van der Waals surface area contributed by atoms with E-state index in [1.807, 2.05) is 13.0 Å². The number of thiocarbonyl (C=S) groups is 1. The number of nitrogens with one attached hydrogen (secondary N) is 1. The van der Waals surface area contributed by atoms with Crippen LogP contribution in [0.3, 0.4) is 0 Å². The lowest BCUT2D eigenvalue weighted by atomic mass is 10.1. The summed E-state index contributed by atoms with van der Waals surface area (Å²) in [6.45, 7) is 8.20. The van der Waals surface area contributed by atoms with Crippen LogP contribution in [0.1, 0.15) is 24.5 Å². The average Bonchev–Trinajstić information content (AvgIpc) is 3.10. The van der Waals surface area contributed by atoms with Crippen LogP contribution >= 0.6 is 24.0 Å².